The summed E-state index contributed by atoms with van der Waals surface area (Å²) in [5.74, 6) is 0.901. The van der Waals surface area contributed by atoms with Crippen LogP contribution in [0.25, 0.3) is 0 Å². The Morgan fingerprint density at radius 1 is 0.583 bits per heavy atom. The van der Waals surface area contributed by atoms with Crippen molar-refractivity contribution in [2.75, 3.05) is 13.2 Å². The van der Waals surface area contributed by atoms with E-state index < -0.39 is 6.10 Å². The van der Waals surface area contributed by atoms with E-state index in [0.29, 0.717) is 0 Å². The maximum absolute atomic E-state index is 8.17. The summed E-state index contributed by atoms with van der Waals surface area (Å²) < 4.78 is 0. The molecule has 0 aliphatic rings. The van der Waals surface area contributed by atoms with Crippen molar-refractivity contribution in [3.63, 3.8) is 0 Å². The Bertz CT molecular complexity index is 203. The molecule has 0 unspecified atom stereocenters. The van der Waals surface area contributed by atoms with Crippen LogP contribution in [-0.4, -0.2) is 34.6 Å². The molecule has 0 heterocycles. The Balaban J connectivity index is 0. The minimum absolute atomic E-state index is 0.365. The molecular formula is C21H46O3. The zero-order valence-corrected chi connectivity index (χ0v) is 16.8. The van der Waals surface area contributed by atoms with Crippen LogP contribution in [0.4, 0.5) is 0 Å². The van der Waals surface area contributed by atoms with Crippen molar-refractivity contribution >= 4 is 0 Å². The van der Waals surface area contributed by atoms with Crippen LogP contribution < -0.4 is 0 Å². The molecule has 0 fully saturated rings. The van der Waals surface area contributed by atoms with Crippen LogP contribution in [0.2, 0.25) is 0 Å². The van der Waals surface area contributed by atoms with Crippen LogP contribution in [0, 0.1) is 5.92 Å². The third kappa shape index (κ3) is 26.8. The SMILES string of the molecule is CCCCCCCCCCCCCCCC(C)C.OCC(O)CO. The quantitative estimate of drug-likeness (QED) is 0.325. The van der Waals surface area contributed by atoms with Crippen LogP contribution in [0.3, 0.4) is 0 Å². The number of hydrogen-bond acceptors (Lipinski definition) is 3. The Labute approximate surface area is 151 Å². The highest BCUT2D eigenvalue weighted by Gasteiger charge is 1.95. The first kappa shape index (κ1) is 26.1. The molecule has 0 aromatic carbocycles. The average Bonchev–Trinajstić information content (AvgIpc) is 2.58. The first-order valence-electron chi connectivity index (χ1n) is 10.5. The number of aliphatic hydroxyl groups excluding tert-OH is 3. The summed E-state index contributed by atoms with van der Waals surface area (Å²) in [4.78, 5) is 0. The lowest BCUT2D eigenvalue weighted by Crippen LogP contribution is -2.15. The Morgan fingerprint density at radius 3 is 1.17 bits per heavy atom. The van der Waals surface area contributed by atoms with Crippen LogP contribution in [0.15, 0.2) is 0 Å². The molecule has 3 N–H and O–H groups in total. The van der Waals surface area contributed by atoms with Crippen molar-refractivity contribution in [1.82, 2.24) is 0 Å². The molecule has 0 amide bonds. The predicted molar refractivity (Wildman–Crippen MR) is 105 cm³/mol. The molecule has 0 atom stereocenters. The summed E-state index contributed by atoms with van der Waals surface area (Å²) in [6.45, 7) is 6.23. The highest BCUT2D eigenvalue weighted by molar-refractivity contribution is 4.50. The second-order valence-electron chi connectivity index (χ2n) is 7.44. The minimum atomic E-state index is -0.954. The molecule has 3 nitrogen and oxygen atoms in total. The second-order valence-corrected chi connectivity index (χ2v) is 7.44. The fourth-order valence-corrected chi connectivity index (χ4v) is 2.63. The maximum atomic E-state index is 8.17. The first-order chi connectivity index (χ1) is 11.6. The lowest BCUT2D eigenvalue weighted by molar-refractivity contribution is 0.0450. The second kappa shape index (κ2) is 22.9. The van der Waals surface area contributed by atoms with Crippen LogP contribution >= 0.6 is 0 Å². The van der Waals surface area contributed by atoms with Crippen LogP contribution in [0.1, 0.15) is 111 Å². The van der Waals surface area contributed by atoms with E-state index in [9.17, 15) is 0 Å². The molecule has 0 bridgehead atoms. The molecule has 3 heteroatoms. The maximum Gasteiger partial charge on any atom is 0.100 e. The molecule has 0 aliphatic carbocycles. The van der Waals surface area contributed by atoms with Gasteiger partial charge in [-0.2, -0.15) is 0 Å². The van der Waals surface area contributed by atoms with Crippen molar-refractivity contribution in [2.24, 2.45) is 5.92 Å². The van der Waals surface area contributed by atoms with Crippen molar-refractivity contribution < 1.29 is 15.3 Å². The Hall–Kier alpha value is -0.120. The van der Waals surface area contributed by atoms with Crippen LogP contribution in [-0.2, 0) is 0 Å². The zero-order chi connectivity index (χ0) is 18.5. The molecule has 0 aliphatic heterocycles. The molecule has 148 valence electrons. The first-order valence-corrected chi connectivity index (χ1v) is 10.5. The number of rotatable bonds is 16. The van der Waals surface area contributed by atoms with Crippen LogP contribution in [0.5, 0.6) is 0 Å². The van der Waals surface area contributed by atoms with E-state index in [2.05, 4.69) is 20.8 Å². The molecule has 0 aromatic rings. The zero-order valence-electron chi connectivity index (χ0n) is 16.8. The summed E-state index contributed by atoms with van der Waals surface area (Å²) in [6.07, 6.45) is 19.5. The normalized spacial score (nSPS) is 11.0. The van der Waals surface area contributed by atoms with E-state index in [1.807, 2.05) is 0 Å². The van der Waals surface area contributed by atoms with Gasteiger partial charge >= 0.3 is 0 Å². The van der Waals surface area contributed by atoms with Gasteiger partial charge in [0.1, 0.15) is 6.10 Å². The van der Waals surface area contributed by atoms with Gasteiger partial charge in [-0.15, -0.1) is 0 Å². The van der Waals surface area contributed by atoms with E-state index in [1.165, 1.54) is 89.9 Å². The topological polar surface area (TPSA) is 60.7 Å². The van der Waals surface area contributed by atoms with Gasteiger partial charge in [0.25, 0.3) is 0 Å². The molecular weight excluding hydrogens is 300 g/mol. The van der Waals surface area contributed by atoms with Gasteiger partial charge in [0.2, 0.25) is 0 Å². The van der Waals surface area contributed by atoms with Gasteiger partial charge in [-0.1, -0.05) is 111 Å². The van der Waals surface area contributed by atoms with Gasteiger partial charge in [0.15, 0.2) is 0 Å². The van der Waals surface area contributed by atoms with Crippen molar-refractivity contribution in [2.45, 2.75) is 117 Å². The third-order valence-electron chi connectivity index (χ3n) is 4.31. The number of hydrogen-bond donors (Lipinski definition) is 3. The van der Waals surface area contributed by atoms with Crippen molar-refractivity contribution in [3.05, 3.63) is 0 Å². The van der Waals surface area contributed by atoms with Gasteiger partial charge in [-0.25, -0.2) is 0 Å². The fourth-order valence-electron chi connectivity index (χ4n) is 2.63. The summed E-state index contributed by atoms with van der Waals surface area (Å²) in [7, 11) is 0. The average molecular weight is 347 g/mol. The minimum Gasteiger partial charge on any atom is -0.394 e. The highest BCUT2D eigenvalue weighted by atomic mass is 16.3. The van der Waals surface area contributed by atoms with Gasteiger partial charge in [0.05, 0.1) is 13.2 Å². The van der Waals surface area contributed by atoms with Crippen molar-refractivity contribution in [3.8, 4) is 0 Å². The number of aliphatic hydroxyl groups is 3. The summed E-state index contributed by atoms with van der Waals surface area (Å²) in [6, 6.07) is 0. The third-order valence-corrected chi connectivity index (χ3v) is 4.31. The summed E-state index contributed by atoms with van der Waals surface area (Å²) in [5, 5.41) is 24.0. The van der Waals surface area contributed by atoms with Gasteiger partial charge in [0, 0.05) is 0 Å². The Kier molecular flexibility index (Phi) is 24.9. The highest BCUT2D eigenvalue weighted by Crippen LogP contribution is 2.14. The van der Waals surface area contributed by atoms with Gasteiger partial charge in [-0.05, 0) is 5.92 Å². The fraction of sp³-hybridized carbons (Fsp3) is 1.00. The van der Waals surface area contributed by atoms with E-state index >= 15 is 0 Å². The summed E-state index contributed by atoms with van der Waals surface area (Å²) >= 11 is 0. The van der Waals surface area contributed by atoms with E-state index in [-0.39, 0.29) is 13.2 Å². The Morgan fingerprint density at radius 2 is 0.917 bits per heavy atom. The van der Waals surface area contributed by atoms with E-state index in [0.717, 1.165) is 5.92 Å². The van der Waals surface area contributed by atoms with Gasteiger partial charge in [-0.3, -0.25) is 0 Å². The monoisotopic (exact) mass is 346 g/mol. The smallest absolute Gasteiger partial charge is 0.100 e. The molecule has 0 saturated carbocycles. The predicted octanol–water partition coefficient (Wildman–Crippen LogP) is 5.46. The molecule has 0 aromatic heterocycles. The van der Waals surface area contributed by atoms with Gasteiger partial charge < -0.3 is 15.3 Å². The molecule has 24 heavy (non-hydrogen) atoms. The lowest BCUT2D eigenvalue weighted by atomic mass is 10.0. The molecule has 0 rings (SSSR count). The lowest BCUT2D eigenvalue weighted by Gasteiger charge is -2.04. The molecule has 0 radical (unpaired) electrons. The van der Waals surface area contributed by atoms with Crippen molar-refractivity contribution in [1.29, 1.82) is 0 Å². The van der Waals surface area contributed by atoms with E-state index in [4.69, 9.17) is 15.3 Å². The van der Waals surface area contributed by atoms with E-state index in [1.54, 1.807) is 0 Å². The molecule has 0 saturated heterocycles. The number of unbranched alkanes of at least 4 members (excludes halogenated alkanes) is 12. The molecule has 0 spiro atoms. The largest absolute Gasteiger partial charge is 0.394 e. The standard InChI is InChI=1S/C18H38.C3H8O3/c1-4-5-6-7-8-9-10-11-12-13-14-15-16-17-18(2)3;4-1-3(6)2-5/h18H,4-17H2,1-3H3;3-6H,1-2H2. The summed E-state index contributed by atoms with van der Waals surface area (Å²) in [5.41, 5.74) is 0.